The molecule has 1 aliphatic rings. The van der Waals surface area contributed by atoms with Crippen molar-refractivity contribution in [3.63, 3.8) is 0 Å². The SMILES string of the molecule is CCn1c(C)cc2c(c1=O)[C@@H](c1cccnc1)C(C(=O)OC)=C(N)O2. The molecule has 0 bridgehead atoms. The predicted molar refractivity (Wildman–Crippen MR) is 91.1 cm³/mol. The average Bonchev–Trinajstić information content (AvgIpc) is 2.61. The van der Waals surface area contributed by atoms with E-state index in [0.29, 0.717) is 23.4 Å². The average molecular weight is 341 g/mol. The van der Waals surface area contributed by atoms with Crippen LogP contribution in [0.2, 0.25) is 0 Å². The summed E-state index contributed by atoms with van der Waals surface area (Å²) >= 11 is 0. The number of nitrogens with zero attached hydrogens (tertiary/aromatic N) is 2. The van der Waals surface area contributed by atoms with Gasteiger partial charge < -0.3 is 19.8 Å². The molecular formula is C18H19N3O4. The Balaban J connectivity index is 2.35. The number of hydrogen-bond donors (Lipinski definition) is 1. The molecule has 2 aromatic heterocycles. The summed E-state index contributed by atoms with van der Waals surface area (Å²) in [5.41, 5.74) is 7.65. The van der Waals surface area contributed by atoms with E-state index in [1.165, 1.54) is 7.11 Å². The van der Waals surface area contributed by atoms with Crippen LogP contribution in [0, 0.1) is 6.92 Å². The summed E-state index contributed by atoms with van der Waals surface area (Å²) in [4.78, 5) is 29.5. The van der Waals surface area contributed by atoms with Crippen molar-refractivity contribution in [3.05, 3.63) is 69.2 Å². The minimum absolute atomic E-state index is 0.0683. The molecule has 0 aromatic carbocycles. The molecule has 0 saturated carbocycles. The molecule has 3 rings (SSSR count). The Morgan fingerprint density at radius 1 is 1.48 bits per heavy atom. The molecule has 0 aliphatic carbocycles. The number of methoxy groups -OCH3 is 1. The van der Waals surface area contributed by atoms with Gasteiger partial charge in [0.2, 0.25) is 5.88 Å². The van der Waals surface area contributed by atoms with Gasteiger partial charge in [-0.3, -0.25) is 9.78 Å². The van der Waals surface area contributed by atoms with Crippen LogP contribution in [0.4, 0.5) is 0 Å². The maximum atomic E-state index is 13.1. The zero-order valence-electron chi connectivity index (χ0n) is 14.3. The molecule has 2 N–H and O–H groups in total. The molecule has 0 amide bonds. The molecule has 7 nitrogen and oxygen atoms in total. The summed E-state index contributed by atoms with van der Waals surface area (Å²) in [6, 6.07) is 5.28. The van der Waals surface area contributed by atoms with Crippen molar-refractivity contribution in [1.82, 2.24) is 9.55 Å². The van der Waals surface area contributed by atoms with E-state index in [4.69, 9.17) is 15.2 Å². The van der Waals surface area contributed by atoms with Crippen LogP contribution in [0.3, 0.4) is 0 Å². The fourth-order valence-electron chi connectivity index (χ4n) is 3.17. The summed E-state index contributed by atoms with van der Waals surface area (Å²) < 4.78 is 12.1. The third-order valence-electron chi connectivity index (χ3n) is 4.31. The minimum Gasteiger partial charge on any atom is -0.465 e. The van der Waals surface area contributed by atoms with Crippen LogP contribution in [0.25, 0.3) is 0 Å². The lowest BCUT2D eigenvalue weighted by molar-refractivity contribution is -0.136. The van der Waals surface area contributed by atoms with E-state index in [-0.39, 0.29) is 17.0 Å². The zero-order chi connectivity index (χ0) is 18.1. The standard InChI is InChI=1S/C18H19N3O4/c1-4-21-10(2)8-12-14(17(21)22)13(11-6-5-7-20-9-11)15(16(19)25-12)18(23)24-3/h5-9,13H,4,19H2,1-3H3/t13-/m1/s1. The number of carbonyl (C=O) groups excluding carboxylic acids is 1. The molecular weight excluding hydrogens is 322 g/mol. The molecule has 0 fully saturated rings. The van der Waals surface area contributed by atoms with E-state index >= 15 is 0 Å². The molecule has 1 aliphatic heterocycles. The number of esters is 1. The maximum Gasteiger partial charge on any atom is 0.340 e. The van der Waals surface area contributed by atoms with E-state index < -0.39 is 11.9 Å². The van der Waals surface area contributed by atoms with Gasteiger partial charge in [-0.2, -0.15) is 0 Å². The van der Waals surface area contributed by atoms with E-state index in [0.717, 1.165) is 5.69 Å². The van der Waals surface area contributed by atoms with E-state index in [2.05, 4.69) is 4.98 Å². The van der Waals surface area contributed by atoms with Crippen molar-refractivity contribution >= 4 is 5.97 Å². The molecule has 3 heterocycles. The second-order valence-electron chi connectivity index (χ2n) is 5.70. The number of fused-ring (bicyclic) bond motifs is 1. The molecule has 0 unspecified atom stereocenters. The fraction of sp³-hybridized carbons (Fsp3) is 0.278. The second kappa shape index (κ2) is 6.43. The van der Waals surface area contributed by atoms with Crippen molar-refractivity contribution in [3.8, 4) is 5.75 Å². The van der Waals surface area contributed by atoms with Gasteiger partial charge in [0, 0.05) is 30.7 Å². The van der Waals surface area contributed by atoms with Gasteiger partial charge in [0.25, 0.3) is 5.56 Å². The topological polar surface area (TPSA) is 96.4 Å². The number of aromatic nitrogens is 2. The summed E-state index contributed by atoms with van der Waals surface area (Å²) in [7, 11) is 1.26. The first kappa shape index (κ1) is 16.8. The maximum absolute atomic E-state index is 13.1. The van der Waals surface area contributed by atoms with Crippen molar-refractivity contribution in [2.45, 2.75) is 26.3 Å². The Labute approximate surface area is 144 Å². The van der Waals surface area contributed by atoms with Gasteiger partial charge >= 0.3 is 5.97 Å². The predicted octanol–water partition coefficient (Wildman–Crippen LogP) is 1.44. The quantitative estimate of drug-likeness (QED) is 0.849. The summed E-state index contributed by atoms with van der Waals surface area (Å²) in [6.07, 6.45) is 3.22. The molecule has 0 saturated heterocycles. The Hall–Kier alpha value is -3.09. The van der Waals surface area contributed by atoms with Crippen molar-refractivity contribution in [2.24, 2.45) is 5.73 Å². The van der Waals surface area contributed by atoms with Gasteiger partial charge in [0.1, 0.15) is 11.3 Å². The lowest BCUT2D eigenvalue weighted by Crippen LogP contribution is -2.34. The highest BCUT2D eigenvalue weighted by Crippen LogP contribution is 2.40. The molecule has 1 atom stereocenters. The zero-order valence-corrected chi connectivity index (χ0v) is 14.3. The van der Waals surface area contributed by atoms with Crippen molar-refractivity contribution in [1.29, 1.82) is 0 Å². The van der Waals surface area contributed by atoms with Crippen LogP contribution in [-0.4, -0.2) is 22.6 Å². The Bertz CT molecular complexity index is 916. The van der Waals surface area contributed by atoms with Gasteiger partial charge in [-0.15, -0.1) is 0 Å². The normalized spacial score (nSPS) is 16.2. The molecule has 0 radical (unpaired) electrons. The molecule has 2 aromatic rings. The van der Waals surface area contributed by atoms with E-state index in [9.17, 15) is 9.59 Å². The number of pyridine rings is 2. The van der Waals surface area contributed by atoms with Gasteiger partial charge in [-0.25, -0.2) is 4.79 Å². The molecule has 0 spiro atoms. The smallest absolute Gasteiger partial charge is 0.340 e. The lowest BCUT2D eigenvalue weighted by atomic mass is 9.84. The van der Waals surface area contributed by atoms with E-state index in [1.807, 2.05) is 13.8 Å². The van der Waals surface area contributed by atoms with Crippen LogP contribution in [0.1, 0.15) is 29.7 Å². The Morgan fingerprint density at radius 2 is 2.24 bits per heavy atom. The van der Waals surface area contributed by atoms with Crippen LogP contribution >= 0.6 is 0 Å². The number of nitrogens with two attached hydrogens (primary N) is 1. The molecule has 7 heteroatoms. The summed E-state index contributed by atoms with van der Waals surface area (Å²) in [5.74, 6) is -1.05. The highest BCUT2D eigenvalue weighted by atomic mass is 16.5. The largest absolute Gasteiger partial charge is 0.465 e. The van der Waals surface area contributed by atoms with Crippen LogP contribution < -0.4 is 16.0 Å². The summed E-state index contributed by atoms with van der Waals surface area (Å²) in [6.45, 7) is 4.21. The van der Waals surface area contributed by atoms with Gasteiger partial charge in [0.05, 0.1) is 18.6 Å². The number of carbonyl (C=O) groups is 1. The van der Waals surface area contributed by atoms with Gasteiger partial charge in [-0.05, 0) is 25.5 Å². The first-order valence-corrected chi connectivity index (χ1v) is 7.89. The molecule has 130 valence electrons. The molecule has 25 heavy (non-hydrogen) atoms. The summed E-state index contributed by atoms with van der Waals surface area (Å²) in [5, 5.41) is 0. The van der Waals surface area contributed by atoms with Crippen LogP contribution in [0.15, 0.2) is 46.8 Å². The van der Waals surface area contributed by atoms with Crippen LogP contribution in [0.5, 0.6) is 5.75 Å². The number of aryl methyl sites for hydroxylation is 1. The number of ether oxygens (including phenoxy) is 2. The third-order valence-corrected chi connectivity index (χ3v) is 4.31. The first-order chi connectivity index (χ1) is 12.0. The second-order valence-corrected chi connectivity index (χ2v) is 5.70. The fourth-order valence-corrected chi connectivity index (χ4v) is 3.17. The first-order valence-electron chi connectivity index (χ1n) is 7.89. The van der Waals surface area contributed by atoms with Gasteiger partial charge in [0.15, 0.2) is 0 Å². The lowest BCUT2D eigenvalue weighted by Gasteiger charge is -2.28. The van der Waals surface area contributed by atoms with Crippen LogP contribution in [-0.2, 0) is 16.1 Å². The van der Waals surface area contributed by atoms with Gasteiger partial charge in [-0.1, -0.05) is 6.07 Å². The number of hydrogen-bond acceptors (Lipinski definition) is 6. The van der Waals surface area contributed by atoms with Crippen molar-refractivity contribution in [2.75, 3.05) is 7.11 Å². The minimum atomic E-state index is -0.698. The monoisotopic (exact) mass is 341 g/mol. The van der Waals surface area contributed by atoms with Crippen molar-refractivity contribution < 1.29 is 14.3 Å². The highest BCUT2D eigenvalue weighted by molar-refractivity contribution is 5.92. The van der Waals surface area contributed by atoms with E-state index in [1.54, 1.807) is 35.2 Å². The number of rotatable bonds is 3. The Morgan fingerprint density at radius 3 is 2.84 bits per heavy atom. The highest BCUT2D eigenvalue weighted by Gasteiger charge is 2.38. The third kappa shape index (κ3) is 2.67. The Kier molecular flexibility index (Phi) is 4.31.